The van der Waals surface area contributed by atoms with E-state index in [-0.39, 0.29) is 10.8 Å². The Hall–Kier alpha value is -3.61. The maximum atomic E-state index is 5.66. The van der Waals surface area contributed by atoms with Crippen LogP contribution in [0.1, 0.15) is 69.2 Å². The normalized spacial score (nSPS) is 20.1. The van der Waals surface area contributed by atoms with Gasteiger partial charge < -0.3 is 23.8 Å². The molecule has 3 aliphatic rings. The van der Waals surface area contributed by atoms with Crippen molar-refractivity contribution < 1.29 is 23.5 Å². The van der Waals surface area contributed by atoms with Gasteiger partial charge in [0.2, 0.25) is 5.69 Å². The molecule has 0 spiro atoms. The van der Waals surface area contributed by atoms with Crippen LogP contribution in [0.15, 0.2) is 71.5 Å². The number of rotatable bonds is 11. The predicted octanol–water partition coefficient (Wildman–Crippen LogP) is 8.26. The number of nitrogens with zero attached hydrogens (tertiary/aromatic N) is 2. The summed E-state index contributed by atoms with van der Waals surface area (Å²) in [6.45, 7) is 16.6. The molecule has 0 aromatic heterocycles. The van der Waals surface area contributed by atoms with Crippen LogP contribution in [0.25, 0.3) is 0 Å². The lowest BCUT2D eigenvalue weighted by molar-refractivity contribution is -0.442. The van der Waals surface area contributed by atoms with Gasteiger partial charge in [0.25, 0.3) is 0 Å². The van der Waals surface area contributed by atoms with Gasteiger partial charge in [0.15, 0.2) is 12.3 Å². The smallest absolute Gasteiger partial charge is 0.213 e. The molecule has 0 atom stereocenters. The average molecular weight is 626 g/mol. The quantitative estimate of drug-likeness (QED) is 0.235. The fourth-order valence-electron chi connectivity index (χ4n) is 7.53. The second kappa shape index (κ2) is 13.6. The first-order valence-electron chi connectivity index (χ1n) is 16.6. The summed E-state index contributed by atoms with van der Waals surface area (Å²) in [4.78, 5) is 2.44. The highest BCUT2D eigenvalue weighted by Crippen LogP contribution is 2.50. The first kappa shape index (κ1) is 33.7. The van der Waals surface area contributed by atoms with Crippen LogP contribution in [-0.4, -0.2) is 65.0 Å². The number of methoxy groups -OCH3 is 4. The van der Waals surface area contributed by atoms with Gasteiger partial charge in [-0.15, -0.1) is 0 Å². The second-order valence-electron chi connectivity index (χ2n) is 13.8. The Morgan fingerprint density at radius 1 is 0.783 bits per heavy atom. The molecule has 0 N–H and O–H groups in total. The minimum absolute atomic E-state index is 0.160. The van der Waals surface area contributed by atoms with Crippen molar-refractivity contribution in [3.05, 3.63) is 93.7 Å². The molecule has 2 aliphatic heterocycles. The average Bonchev–Trinajstić information content (AvgIpc) is 3.38. The molecule has 5 rings (SSSR count). The summed E-state index contributed by atoms with van der Waals surface area (Å²) in [6.07, 6.45) is 15.0. The Labute approximate surface area is 276 Å². The van der Waals surface area contributed by atoms with Gasteiger partial charge in [-0.25, -0.2) is 0 Å². The summed E-state index contributed by atoms with van der Waals surface area (Å²) in [5, 5.41) is 0. The highest BCUT2D eigenvalue weighted by molar-refractivity contribution is 6.03. The van der Waals surface area contributed by atoms with E-state index in [1.807, 2.05) is 0 Å². The van der Waals surface area contributed by atoms with Gasteiger partial charge >= 0.3 is 0 Å². The van der Waals surface area contributed by atoms with Crippen LogP contribution in [0, 0.1) is 13.8 Å². The molecular formula is C40H53N2O4+. The van der Waals surface area contributed by atoms with E-state index in [4.69, 9.17) is 18.9 Å². The van der Waals surface area contributed by atoms with Crippen molar-refractivity contribution in [3.63, 3.8) is 0 Å². The van der Waals surface area contributed by atoms with Crippen molar-refractivity contribution >= 4 is 17.1 Å². The third-order valence-corrected chi connectivity index (χ3v) is 10.0. The molecular weight excluding hydrogens is 572 g/mol. The predicted molar refractivity (Wildman–Crippen MR) is 190 cm³/mol. The second-order valence-corrected chi connectivity index (χ2v) is 13.8. The Balaban J connectivity index is 1.49. The van der Waals surface area contributed by atoms with E-state index >= 15 is 0 Å². The van der Waals surface area contributed by atoms with Gasteiger partial charge in [0.05, 0.1) is 26.2 Å². The van der Waals surface area contributed by atoms with Crippen LogP contribution in [0.5, 0.6) is 11.5 Å². The number of hydrogen-bond acceptors (Lipinski definition) is 5. The molecule has 0 unspecified atom stereocenters. The lowest BCUT2D eigenvalue weighted by atomic mass is 9.80. The van der Waals surface area contributed by atoms with Gasteiger partial charge in [0.1, 0.15) is 18.1 Å². The Bertz CT molecular complexity index is 1640. The number of fused-ring (bicyclic) bond motifs is 2. The fraction of sp³-hybridized carbons (Fsp3) is 0.475. The van der Waals surface area contributed by atoms with E-state index in [2.05, 4.69) is 106 Å². The maximum absolute atomic E-state index is 5.66. The highest BCUT2D eigenvalue weighted by atomic mass is 16.5. The number of hydrogen-bond donors (Lipinski definition) is 0. The zero-order chi connectivity index (χ0) is 33.2. The molecule has 0 radical (unpaired) electrons. The summed E-state index contributed by atoms with van der Waals surface area (Å²) in [5.74, 6) is 1.81. The number of anilines is 1. The summed E-state index contributed by atoms with van der Waals surface area (Å²) in [6, 6.07) is 8.67. The number of aryl methyl sites for hydroxylation is 2. The SMILES string of the molecule is COCCN1/C(=C/C=C2C=C(/C=C/C3=[N+](CCOC)c4c(C)cc(OC)cc4C3(C)C)CCC/2)C(C)(C)c2cc(OC)cc(C)c21. The van der Waals surface area contributed by atoms with Crippen LogP contribution in [0.3, 0.4) is 0 Å². The zero-order valence-corrected chi connectivity index (χ0v) is 29.7. The molecule has 6 heteroatoms. The highest BCUT2D eigenvalue weighted by Gasteiger charge is 2.46. The van der Waals surface area contributed by atoms with E-state index in [1.165, 1.54) is 56.2 Å². The van der Waals surface area contributed by atoms with Gasteiger partial charge in [-0.3, -0.25) is 0 Å². The van der Waals surface area contributed by atoms with Crippen LogP contribution in [0.2, 0.25) is 0 Å². The third-order valence-electron chi connectivity index (χ3n) is 10.0. The van der Waals surface area contributed by atoms with Crippen molar-refractivity contribution in [2.24, 2.45) is 0 Å². The molecule has 0 amide bonds. The number of allylic oxidation sites excluding steroid dienone is 8. The molecule has 1 aliphatic carbocycles. The van der Waals surface area contributed by atoms with E-state index in [9.17, 15) is 0 Å². The maximum Gasteiger partial charge on any atom is 0.213 e. The molecule has 2 aromatic rings. The third kappa shape index (κ3) is 6.22. The van der Waals surface area contributed by atoms with Crippen molar-refractivity contribution in [3.8, 4) is 11.5 Å². The summed E-state index contributed by atoms with van der Waals surface area (Å²) >= 11 is 0. The Morgan fingerprint density at radius 2 is 1.46 bits per heavy atom. The minimum atomic E-state index is -0.160. The molecule has 6 nitrogen and oxygen atoms in total. The lowest BCUT2D eigenvalue weighted by Gasteiger charge is -2.27. The summed E-state index contributed by atoms with van der Waals surface area (Å²) in [5.41, 5.74) is 12.6. The minimum Gasteiger partial charge on any atom is -0.497 e. The molecule has 0 saturated heterocycles. The van der Waals surface area contributed by atoms with Gasteiger partial charge in [-0.05, 0) is 99.6 Å². The van der Waals surface area contributed by atoms with Crippen molar-refractivity contribution in [1.82, 2.24) is 0 Å². The Kier molecular flexibility index (Phi) is 10.00. The van der Waals surface area contributed by atoms with Crippen LogP contribution in [-0.2, 0) is 20.3 Å². The van der Waals surface area contributed by atoms with E-state index in [0.29, 0.717) is 13.2 Å². The van der Waals surface area contributed by atoms with Crippen LogP contribution < -0.4 is 14.4 Å². The molecule has 46 heavy (non-hydrogen) atoms. The first-order valence-corrected chi connectivity index (χ1v) is 16.6. The number of benzene rings is 2. The van der Waals surface area contributed by atoms with Crippen molar-refractivity contribution in [1.29, 1.82) is 0 Å². The topological polar surface area (TPSA) is 43.2 Å². The van der Waals surface area contributed by atoms with Crippen LogP contribution in [0.4, 0.5) is 11.4 Å². The lowest BCUT2D eigenvalue weighted by Crippen LogP contribution is -2.29. The Morgan fingerprint density at radius 3 is 2.13 bits per heavy atom. The standard InChI is InChI=1S/C40H53N2O4/c1-27-22-31(45-9)25-33-37(27)41(18-20-43-7)35(39(33,3)4)16-14-29-12-11-13-30(24-29)15-17-36-40(5,6)34-26-32(46-10)23-28(2)38(34)42(36)19-21-44-8/h14-17,22-26H,11-13,18-21H2,1-10H3/q+1. The number of ether oxygens (including phenoxy) is 4. The summed E-state index contributed by atoms with van der Waals surface area (Å²) < 4.78 is 24.8. The van der Waals surface area contributed by atoms with Crippen molar-refractivity contribution in [2.75, 3.05) is 59.6 Å². The van der Waals surface area contributed by atoms with Crippen molar-refractivity contribution in [2.45, 2.75) is 71.6 Å². The molecule has 246 valence electrons. The molecule has 2 heterocycles. The van der Waals surface area contributed by atoms with E-state index in [0.717, 1.165) is 43.9 Å². The monoisotopic (exact) mass is 625 g/mol. The molecule has 2 aromatic carbocycles. The first-order chi connectivity index (χ1) is 22.0. The largest absolute Gasteiger partial charge is 0.497 e. The fourth-order valence-corrected chi connectivity index (χ4v) is 7.53. The molecule has 0 saturated carbocycles. The summed E-state index contributed by atoms with van der Waals surface area (Å²) in [7, 11) is 7.03. The van der Waals surface area contributed by atoms with Gasteiger partial charge in [-0.2, -0.15) is 4.58 Å². The zero-order valence-electron chi connectivity index (χ0n) is 29.7. The molecule has 0 fully saturated rings. The van der Waals surface area contributed by atoms with Gasteiger partial charge in [-0.1, -0.05) is 32.1 Å². The van der Waals surface area contributed by atoms with Crippen LogP contribution >= 0.6 is 0 Å². The van der Waals surface area contributed by atoms with E-state index in [1.54, 1.807) is 28.4 Å². The van der Waals surface area contributed by atoms with E-state index < -0.39 is 0 Å². The molecule has 0 bridgehead atoms. The van der Waals surface area contributed by atoms with Gasteiger partial charge in [0, 0.05) is 54.8 Å².